The Hall–Kier alpha value is -1.92. The summed E-state index contributed by atoms with van der Waals surface area (Å²) in [4.78, 5) is 3.92. The van der Waals surface area contributed by atoms with Crippen molar-refractivity contribution in [1.29, 1.82) is 0 Å². The van der Waals surface area contributed by atoms with Crippen molar-refractivity contribution in [3.05, 3.63) is 36.9 Å². The Morgan fingerprint density at radius 2 is 1.84 bits per heavy atom. The van der Waals surface area contributed by atoms with Crippen LogP contribution in [0.1, 0.15) is 6.92 Å². The SMILES string of the molecule is COC(OC)C(C)Nc1ccc(-n2cncn2)cc1. The fourth-order valence-corrected chi connectivity index (χ4v) is 1.89. The van der Waals surface area contributed by atoms with Crippen LogP contribution in [-0.4, -0.2) is 41.3 Å². The Morgan fingerprint density at radius 1 is 1.16 bits per heavy atom. The van der Waals surface area contributed by atoms with Gasteiger partial charge in [0.1, 0.15) is 12.7 Å². The molecule has 0 aliphatic rings. The zero-order valence-electron chi connectivity index (χ0n) is 11.3. The summed E-state index contributed by atoms with van der Waals surface area (Å²) in [7, 11) is 3.25. The monoisotopic (exact) mass is 262 g/mol. The van der Waals surface area contributed by atoms with E-state index in [9.17, 15) is 0 Å². The average molecular weight is 262 g/mol. The Kier molecular flexibility index (Phi) is 4.48. The van der Waals surface area contributed by atoms with Gasteiger partial charge >= 0.3 is 0 Å². The molecule has 102 valence electrons. The summed E-state index contributed by atoms with van der Waals surface area (Å²) >= 11 is 0. The lowest BCUT2D eigenvalue weighted by molar-refractivity contribution is -0.109. The molecule has 2 aromatic rings. The highest BCUT2D eigenvalue weighted by Gasteiger charge is 2.15. The fourth-order valence-electron chi connectivity index (χ4n) is 1.89. The average Bonchev–Trinajstić information content (AvgIpc) is 2.95. The van der Waals surface area contributed by atoms with Crippen molar-refractivity contribution < 1.29 is 9.47 Å². The van der Waals surface area contributed by atoms with Gasteiger partial charge in [-0.15, -0.1) is 0 Å². The first-order valence-electron chi connectivity index (χ1n) is 6.02. The van der Waals surface area contributed by atoms with Crippen LogP contribution in [0.3, 0.4) is 0 Å². The summed E-state index contributed by atoms with van der Waals surface area (Å²) in [5.41, 5.74) is 1.96. The zero-order chi connectivity index (χ0) is 13.7. The second-order valence-electron chi connectivity index (χ2n) is 4.16. The first-order chi connectivity index (χ1) is 9.24. The van der Waals surface area contributed by atoms with E-state index in [2.05, 4.69) is 15.4 Å². The summed E-state index contributed by atoms with van der Waals surface area (Å²) in [6.07, 6.45) is 2.89. The Morgan fingerprint density at radius 3 is 2.37 bits per heavy atom. The topological polar surface area (TPSA) is 61.2 Å². The zero-order valence-corrected chi connectivity index (χ0v) is 11.3. The maximum Gasteiger partial charge on any atom is 0.176 e. The van der Waals surface area contributed by atoms with E-state index in [1.165, 1.54) is 6.33 Å². The van der Waals surface area contributed by atoms with Crippen LogP contribution in [0, 0.1) is 0 Å². The lowest BCUT2D eigenvalue weighted by Crippen LogP contribution is -2.33. The second kappa shape index (κ2) is 6.31. The van der Waals surface area contributed by atoms with Gasteiger partial charge in [-0.05, 0) is 31.2 Å². The van der Waals surface area contributed by atoms with Crippen LogP contribution in [0.2, 0.25) is 0 Å². The molecule has 1 atom stereocenters. The van der Waals surface area contributed by atoms with Gasteiger partial charge in [0.05, 0.1) is 11.7 Å². The molecule has 1 heterocycles. The van der Waals surface area contributed by atoms with Gasteiger partial charge in [-0.1, -0.05) is 0 Å². The summed E-state index contributed by atoms with van der Waals surface area (Å²) in [5.74, 6) is 0. The molecule has 1 N–H and O–H groups in total. The van der Waals surface area contributed by atoms with Gasteiger partial charge < -0.3 is 14.8 Å². The molecule has 19 heavy (non-hydrogen) atoms. The minimum absolute atomic E-state index is 0.0484. The molecule has 6 heteroatoms. The number of anilines is 1. The third kappa shape index (κ3) is 3.30. The highest BCUT2D eigenvalue weighted by molar-refractivity contribution is 5.49. The first-order valence-corrected chi connectivity index (χ1v) is 6.02. The van der Waals surface area contributed by atoms with E-state index >= 15 is 0 Å². The first kappa shape index (κ1) is 13.5. The molecule has 6 nitrogen and oxygen atoms in total. The fraction of sp³-hybridized carbons (Fsp3) is 0.385. The standard InChI is InChI=1S/C13H18N4O2/c1-10(13(18-2)19-3)16-11-4-6-12(7-5-11)17-9-14-8-15-17/h4-10,13,16H,1-3H3. The summed E-state index contributed by atoms with van der Waals surface area (Å²) in [6.45, 7) is 2.00. The molecule has 1 aromatic heterocycles. The molecule has 2 rings (SSSR count). The van der Waals surface area contributed by atoms with E-state index in [1.54, 1.807) is 25.2 Å². The Balaban J connectivity index is 2.03. The van der Waals surface area contributed by atoms with Crippen molar-refractivity contribution in [2.24, 2.45) is 0 Å². The van der Waals surface area contributed by atoms with E-state index in [0.717, 1.165) is 11.4 Å². The van der Waals surface area contributed by atoms with Gasteiger partial charge in [0.25, 0.3) is 0 Å². The van der Waals surface area contributed by atoms with Crippen LogP contribution in [0.4, 0.5) is 5.69 Å². The normalized spacial score (nSPS) is 12.6. The largest absolute Gasteiger partial charge is 0.377 e. The van der Waals surface area contributed by atoms with Gasteiger partial charge in [-0.25, -0.2) is 9.67 Å². The Labute approximate surface area is 112 Å². The number of hydrogen-bond acceptors (Lipinski definition) is 5. The minimum Gasteiger partial charge on any atom is -0.377 e. The number of aromatic nitrogens is 3. The van der Waals surface area contributed by atoms with Crippen molar-refractivity contribution in [1.82, 2.24) is 14.8 Å². The maximum absolute atomic E-state index is 5.21. The number of hydrogen-bond donors (Lipinski definition) is 1. The molecule has 1 aromatic carbocycles. The third-order valence-electron chi connectivity index (χ3n) is 2.82. The number of nitrogens with one attached hydrogen (secondary N) is 1. The molecule has 0 saturated carbocycles. The smallest absolute Gasteiger partial charge is 0.176 e. The van der Waals surface area contributed by atoms with Crippen LogP contribution >= 0.6 is 0 Å². The molecule has 0 aliphatic carbocycles. The number of nitrogens with zero attached hydrogens (tertiary/aromatic N) is 3. The summed E-state index contributed by atoms with van der Waals surface area (Å²) < 4.78 is 12.1. The van der Waals surface area contributed by atoms with Crippen LogP contribution in [0.15, 0.2) is 36.9 Å². The molecule has 0 radical (unpaired) electrons. The van der Waals surface area contributed by atoms with Crippen LogP contribution in [0.25, 0.3) is 5.69 Å². The molecule has 0 saturated heterocycles. The highest BCUT2D eigenvalue weighted by atomic mass is 16.7. The van der Waals surface area contributed by atoms with Crippen molar-refractivity contribution >= 4 is 5.69 Å². The quantitative estimate of drug-likeness (QED) is 0.803. The predicted molar refractivity (Wildman–Crippen MR) is 72.2 cm³/mol. The Bertz CT molecular complexity index is 480. The maximum atomic E-state index is 5.21. The van der Waals surface area contributed by atoms with Crippen molar-refractivity contribution in [2.45, 2.75) is 19.3 Å². The lowest BCUT2D eigenvalue weighted by Gasteiger charge is -2.23. The third-order valence-corrected chi connectivity index (χ3v) is 2.82. The van der Waals surface area contributed by atoms with Crippen LogP contribution in [-0.2, 0) is 9.47 Å². The van der Waals surface area contributed by atoms with Gasteiger partial charge in [0, 0.05) is 19.9 Å². The summed E-state index contributed by atoms with van der Waals surface area (Å²) in [5, 5.41) is 7.40. The van der Waals surface area contributed by atoms with Gasteiger partial charge in [-0.2, -0.15) is 5.10 Å². The van der Waals surface area contributed by atoms with Crippen molar-refractivity contribution in [3.8, 4) is 5.69 Å². The van der Waals surface area contributed by atoms with Crippen molar-refractivity contribution in [3.63, 3.8) is 0 Å². The highest BCUT2D eigenvalue weighted by Crippen LogP contribution is 2.14. The molecule has 1 unspecified atom stereocenters. The number of rotatable bonds is 6. The number of ether oxygens (including phenoxy) is 2. The van der Waals surface area contributed by atoms with E-state index in [-0.39, 0.29) is 12.3 Å². The van der Waals surface area contributed by atoms with Gasteiger partial charge in [0.2, 0.25) is 0 Å². The van der Waals surface area contributed by atoms with Crippen LogP contribution < -0.4 is 5.32 Å². The molecule has 0 fully saturated rings. The van der Waals surface area contributed by atoms with E-state index in [1.807, 2.05) is 31.2 Å². The van der Waals surface area contributed by atoms with Crippen LogP contribution in [0.5, 0.6) is 0 Å². The van der Waals surface area contributed by atoms with Gasteiger partial charge in [-0.3, -0.25) is 0 Å². The number of benzene rings is 1. The minimum atomic E-state index is -0.282. The van der Waals surface area contributed by atoms with Gasteiger partial charge in [0.15, 0.2) is 6.29 Å². The number of methoxy groups -OCH3 is 2. The molecule has 0 bridgehead atoms. The molecule has 0 aliphatic heterocycles. The van der Waals surface area contributed by atoms with E-state index < -0.39 is 0 Å². The van der Waals surface area contributed by atoms with E-state index in [0.29, 0.717) is 0 Å². The molecular weight excluding hydrogens is 244 g/mol. The summed E-state index contributed by atoms with van der Waals surface area (Å²) in [6, 6.07) is 7.95. The van der Waals surface area contributed by atoms with Crippen molar-refractivity contribution in [2.75, 3.05) is 19.5 Å². The molecular formula is C13H18N4O2. The van der Waals surface area contributed by atoms with E-state index in [4.69, 9.17) is 9.47 Å². The predicted octanol–water partition coefficient (Wildman–Crippen LogP) is 1.69. The second-order valence-corrected chi connectivity index (χ2v) is 4.16. The molecule has 0 spiro atoms. The lowest BCUT2D eigenvalue weighted by atomic mass is 10.2. The molecule has 0 amide bonds.